The van der Waals surface area contributed by atoms with Crippen molar-refractivity contribution < 1.29 is 9.21 Å². The first-order chi connectivity index (χ1) is 8.09. The molecule has 0 amide bonds. The van der Waals surface area contributed by atoms with Gasteiger partial charge in [0.1, 0.15) is 5.76 Å². The van der Waals surface area contributed by atoms with Crippen LogP contribution in [-0.4, -0.2) is 5.78 Å². The Morgan fingerprint density at radius 2 is 2.12 bits per heavy atom. The zero-order chi connectivity index (χ0) is 12.2. The molecule has 88 valence electrons. The highest BCUT2D eigenvalue weighted by atomic mass is 16.3. The van der Waals surface area contributed by atoms with E-state index in [1.807, 2.05) is 6.92 Å². The standard InChI is InChI=1S/C15H16O2/c1-8-4-5-13-14(9(2)7-17-13)15-10(3)12(16)6-11(8)15/h7,11H,1,4-6H2,2-3H3. The fourth-order valence-electron chi connectivity index (χ4n) is 3.05. The average molecular weight is 228 g/mol. The van der Waals surface area contributed by atoms with Crippen molar-refractivity contribution in [2.45, 2.75) is 33.1 Å². The first-order valence-electron chi connectivity index (χ1n) is 6.08. The molecule has 3 rings (SSSR count). The lowest BCUT2D eigenvalue weighted by molar-refractivity contribution is -0.115. The van der Waals surface area contributed by atoms with E-state index in [9.17, 15) is 4.79 Å². The molecule has 17 heavy (non-hydrogen) atoms. The summed E-state index contributed by atoms with van der Waals surface area (Å²) >= 11 is 0. The normalized spacial score (nSPS) is 23.8. The molecule has 2 heteroatoms. The summed E-state index contributed by atoms with van der Waals surface area (Å²) in [6.07, 6.45) is 4.24. The van der Waals surface area contributed by atoms with Gasteiger partial charge in [-0.2, -0.15) is 0 Å². The van der Waals surface area contributed by atoms with Gasteiger partial charge in [-0.3, -0.25) is 4.79 Å². The predicted molar refractivity (Wildman–Crippen MR) is 66.6 cm³/mol. The third-order valence-electron chi connectivity index (χ3n) is 4.05. The third kappa shape index (κ3) is 1.36. The van der Waals surface area contributed by atoms with Crippen LogP contribution in [0.3, 0.4) is 0 Å². The van der Waals surface area contributed by atoms with E-state index in [1.165, 1.54) is 16.7 Å². The molecule has 2 aliphatic carbocycles. The van der Waals surface area contributed by atoms with Gasteiger partial charge < -0.3 is 4.42 Å². The Morgan fingerprint density at radius 3 is 2.88 bits per heavy atom. The fraction of sp³-hybridized carbons (Fsp3) is 0.400. The van der Waals surface area contributed by atoms with Gasteiger partial charge >= 0.3 is 0 Å². The zero-order valence-electron chi connectivity index (χ0n) is 10.3. The summed E-state index contributed by atoms with van der Waals surface area (Å²) < 4.78 is 5.62. The molecule has 2 nitrogen and oxygen atoms in total. The Balaban J connectivity index is 2.28. The first-order valence-corrected chi connectivity index (χ1v) is 6.08. The van der Waals surface area contributed by atoms with Crippen molar-refractivity contribution in [3.8, 4) is 0 Å². The summed E-state index contributed by atoms with van der Waals surface area (Å²) in [6, 6.07) is 0. The summed E-state index contributed by atoms with van der Waals surface area (Å²) in [5, 5.41) is 0. The second-order valence-corrected chi connectivity index (χ2v) is 5.09. The van der Waals surface area contributed by atoms with E-state index in [2.05, 4.69) is 13.5 Å². The predicted octanol–water partition coefficient (Wildman–Crippen LogP) is 3.45. The molecule has 1 unspecified atom stereocenters. The third-order valence-corrected chi connectivity index (χ3v) is 4.05. The van der Waals surface area contributed by atoms with E-state index >= 15 is 0 Å². The summed E-state index contributed by atoms with van der Waals surface area (Å²) in [5.41, 5.74) is 5.58. The van der Waals surface area contributed by atoms with Crippen LogP contribution in [0.1, 0.15) is 36.7 Å². The van der Waals surface area contributed by atoms with E-state index in [0.29, 0.717) is 6.42 Å². The van der Waals surface area contributed by atoms with Crippen LogP contribution >= 0.6 is 0 Å². The van der Waals surface area contributed by atoms with Crippen LogP contribution in [0.15, 0.2) is 28.4 Å². The number of hydrogen-bond acceptors (Lipinski definition) is 2. The van der Waals surface area contributed by atoms with Crippen molar-refractivity contribution in [2.24, 2.45) is 5.92 Å². The number of allylic oxidation sites excluding steroid dienone is 3. The lowest BCUT2D eigenvalue weighted by Crippen LogP contribution is -2.02. The lowest BCUT2D eigenvalue weighted by Gasteiger charge is -2.14. The summed E-state index contributed by atoms with van der Waals surface area (Å²) in [6.45, 7) is 8.14. The van der Waals surface area contributed by atoms with Gasteiger partial charge in [-0.1, -0.05) is 12.2 Å². The van der Waals surface area contributed by atoms with Gasteiger partial charge in [-0.15, -0.1) is 0 Å². The zero-order valence-corrected chi connectivity index (χ0v) is 10.3. The number of hydrogen-bond donors (Lipinski definition) is 0. The largest absolute Gasteiger partial charge is 0.468 e. The minimum Gasteiger partial charge on any atom is -0.468 e. The smallest absolute Gasteiger partial charge is 0.159 e. The molecule has 0 N–H and O–H groups in total. The van der Waals surface area contributed by atoms with E-state index in [4.69, 9.17) is 4.42 Å². The fourth-order valence-corrected chi connectivity index (χ4v) is 3.05. The van der Waals surface area contributed by atoms with Gasteiger partial charge in [0.25, 0.3) is 0 Å². The molecule has 2 aliphatic rings. The molecule has 1 aromatic heterocycles. The molecule has 1 atom stereocenters. The quantitative estimate of drug-likeness (QED) is 0.637. The number of ketones is 1. The monoisotopic (exact) mass is 228 g/mol. The van der Waals surface area contributed by atoms with E-state index in [0.717, 1.165) is 29.7 Å². The molecule has 0 radical (unpaired) electrons. The molecule has 0 saturated carbocycles. The van der Waals surface area contributed by atoms with E-state index in [1.54, 1.807) is 6.26 Å². The Morgan fingerprint density at radius 1 is 1.35 bits per heavy atom. The molecule has 1 aromatic rings. The maximum atomic E-state index is 11.9. The molecule has 0 fully saturated rings. The maximum absolute atomic E-state index is 11.9. The van der Waals surface area contributed by atoms with Crippen molar-refractivity contribution in [1.29, 1.82) is 0 Å². The summed E-state index contributed by atoms with van der Waals surface area (Å²) in [4.78, 5) is 11.9. The number of carbonyl (C=O) groups is 1. The van der Waals surface area contributed by atoms with Crippen LogP contribution in [0.2, 0.25) is 0 Å². The number of carbonyl (C=O) groups excluding carboxylic acids is 1. The van der Waals surface area contributed by atoms with Crippen LogP contribution < -0.4 is 0 Å². The highest BCUT2D eigenvalue weighted by Crippen LogP contribution is 2.46. The Hall–Kier alpha value is -1.57. The van der Waals surface area contributed by atoms with Gasteiger partial charge in [0.2, 0.25) is 0 Å². The van der Waals surface area contributed by atoms with Gasteiger partial charge in [-0.25, -0.2) is 0 Å². The van der Waals surface area contributed by atoms with Crippen molar-refractivity contribution in [1.82, 2.24) is 0 Å². The summed E-state index contributed by atoms with van der Waals surface area (Å²) in [7, 11) is 0. The number of fused-ring (bicyclic) bond motifs is 3. The second-order valence-electron chi connectivity index (χ2n) is 5.09. The molecule has 0 spiro atoms. The van der Waals surface area contributed by atoms with Gasteiger partial charge in [-0.05, 0) is 37.0 Å². The second kappa shape index (κ2) is 3.46. The lowest BCUT2D eigenvalue weighted by atomic mass is 9.89. The van der Waals surface area contributed by atoms with Gasteiger partial charge in [0.15, 0.2) is 5.78 Å². The molecule has 0 saturated heterocycles. The molecule has 1 heterocycles. The Bertz CT molecular complexity index is 557. The first kappa shape index (κ1) is 10.6. The molecular formula is C15H16O2. The topological polar surface area (TPSA) is 30.2 Å². The SMILES string of the molecule is C=C1CCc2occ(C)c2C2=C(C)C(=O)CC12. The Kier molecular flexibility index (Phi) is 2.15. The number of furan rings is 1. The van der Waals surface area contributed by atoms with Crippen LogP contribution in [0.25, 0.3) is 5.57 Å². The van der Waals surface area contributed by atoms with Crippen LogP contribution in [-0.2, 0) is 11.2 Å². The number of rotatable bonds is 0. The minimum absolute atomic E-state index is 0.222. The average Bonchev–Trinajstić information content (AvgIpc) is 2.74. The van der Waals surface area contributed by atoms with Crippen molar-refractivity contribution in [2.75, 3.05) is 0 Å². The number of aryl methyl sites for hydroxylation is 2. The van der Waals surface area contributed by atoms with Crippen LogP contribution in [0.4, 0.5) is 0 Å². The molecule has 0 aliphatic heterocycles. The molecule has 0 aromatic carbocycles. The van der Waals surface area contributed by atoms with Crippen molar-refractivity contribution in [3.05, 3.63) is 40.9 Å². The van der Waals surface area contributed by atoms with Gasteiger partial charge in [0, 0.05) is 24.3 Å². The molecule has 0 bridgehead atoms. The van der Waals surface area contributed by atoms with Gasteiger partial charge in [0.05, 0.1) is 6.26 Å². The van der Waals surface area contributed by atoms with E-state index < -0.39 is 0 Å². The summed E-state index contributed by atoms with van der Waals surface area (Å²) in [5.74, 6) is 1.51. The highest BCUT2D eigenvalue weighted by Gasteiger charge is 2.36. The number of Topliss-reactive ketones (excluding diaryl/α,β-unsaturated/α-hetero) is 1. The van der Waals surface area contributed by atoms with Crippen LogP contribution in [0.5, 0.6) is 0 Å². The Labute approximate surface area is 101 Å². The highest BCUT2D eigenvalue weighted by molar-refractivity contribution is 6.08. The minimum atomic E-state index is 0.222. The van der Waals surface area contributed by atoms with Crippen molar-refractivity contribution >= 4 is 11.4 Å². The van der Waals surface area contributed by atoms with Crippen molar-refractivity contribution in [3.63, 3.8) is 0 Å². The van der Waals surface area contributed by atoms with E-state index in [-0.39, 0.29) is 11.7 Å². The van der Waals surface area contributed by atoms with Crippen LogP contribution in [0, 0.1) is 12.8 Å². The molecular weight excluding hydrogens is 212 g/mol. The maximum Gasteiger partial charge on any atom is 0.159 e.